The van der Waals surface area contributed by atoms with Crippen molar-refractivity contribution >= 4 is 11.8 Å². The van der Waals surface area contributed by atoms with Gasteiger partial charge < -0.3 is 5.32 Å². The Bertz CT molecular complexity index is 391. The lowest BCUT2D eigenvalue weighted by Gasteiger charge is -2.37. The molecule has 1 aromatic carbocycles. The van der Waals surface area contributed by atoms with E-state index in [0.29, 0.717) is 12.0 Å². The molecule has 0 radical (unpaired) electrons. The van der Waals surface area contributed by atoms with Crippen molar-refractivity contribution in [3.63, 3.8) is 0 Å². The Balaban J connectivity index is 2.21. The summed E-state index contributed by atoms with van der Waals surface area (Å²) in [5.41, 5.74) is 3.10. The zero-order valence-electron chi connectivity index (χ0n) is 12.5. The molecule has 1 aliphatic carbocycles. The molecule has 0 fully saturated rings. The van der Waals surface area contributed by atoms with Crippen LogP contribution < -0.4 is 5.32 Å². The smallest absolute Gasteiger partial charge is 0.0443 e. The minimum atomic E-state index is 0.545. The quantitative estimate of drug-likeness (QED) is 0.805. The molecule has 2 rings (SSSR count). The Labute approximate surface area is 122 Å². The molecule has 0 aromatic heterocycles. The lowest BCUT2D eigenvalue weighted by atomic mass is 9.80. The molecule has 3 atom stereocenters. The van der Waals surface area contributed by atoms with Crippen molar-refractivity contribution in [3.8, 4) is 0 Å². The first-order valence-electron chi connectivity index (χ1n) is 7.71. The van der Waals surface area contributed by atoms with Crippen molar-refractivity contribution in [2.24, 2.45) is 0 Å². The number of hydrogen-bond acceptors (Lipinski definition) is 2. The van der Waals surface area contributed by atoms with Gasteiger partial charge in [-0.1, -0.05) is 45.0 Å². The summed E-state index contributed by atoms with van der Waals surface area (Å²) in [5, 5.41) is 4.52. The van der Waals surface area contributed by atoms with E-state index >= 15 is 0 Å². The summed E-state index contributed by atoms with van der Waals surface area (Å²) in [7, 11) is 0. The highest BCUT2D eigenvalue weighted by atomic mass is 32.2. The van der Waals surface area contributed by atoms with Gasteiger partial charge >= 0.3 is 0 Å². The number of nitrogens with one attached hydrogen (secondary N) is 1. The third-order valence-corrected chi connectivity index (χ3v) is 5.51. The van der Waals surface area contributed by atoms with Crippen molar-refractivity contribution < 1.29 is 0 Å². The van der Waals surface area contributed by atoms with Gasteiger partial charge in [0.05, 0.1) is 0 Å². The van der Waals surface area contributed by atoms with Crippen LogP contribution >= 0.6 is 11.8 Å². The topological polar surface area (TPSA) is 12.0 Å². The van der Waals surface area contributed by atoms with Gasteiger partial charge in [0.1, 0.15) is 0 Å². The zero-order chi connectivity index (χ0) is 13.7. The summed E-state index contributed by atoms with van der Waals surface area (Å²) >= 11 is 2.16. The Hall–Kier alpha value is -0.470. The molecule has 0 spiro atoms. The second-order valence-electron chi connectivity index (χ2n) is 5.61. The minimum absolute atomic E-state index is 0.545. The molecule has 0 bridgehead atoms. The van der Waals surface area contributed by atoms with Gasteiger partial charge in [-0.15, -0.1) is 0 Å². The lowest BCUT2D eigenvalue weighted by Crippen LogP contribution is -2.36. The van der Waals surface area contributed by atoms with E-state index in [2.05, 4.69) is 62.1 Å². The number of thioether (sulfide) groups is 1. The molecule has 106 valence electrons. The fourth-order valence-corrected chi connectivity index (χ4v) is 4.43. The van der Waals surface area contributed by atoms with Gasteiger partial charge in [-0.25, -0.2) is 0 Å². The van der Waals surface area contributed by atoms with Crippen LogP contribution in [-0.2, 0) is 0 Å². The molecule has 19 heavy (non-hydrogen) atoms. The molecule has 1 aromatic rings. The van der Waals surface area contributed by atoms with Crippen molar-refractivity contribution in [1.29, 1.82) is 0 Å². The molecular weight excluding hydrogens is 250 g/mol. The number of hydrogen-bond donors (Lipinski definition) is 1. The average molecular weight is 277 g/mol. The summed E-state index contributed by atoms with van der Waals surface area (Å²) in [5.74, 6) is 1.98. The Morgan fingerprint density at radius 3 is 2.58 bits per heavy atom. The highest BCUT2D eigenvalue weighted by molar-refractivity contribution is 7.99. The highest BCUT2D eigenvalue weighted by Crippen LogP contribution is 2.42. The van der Waals surface area contributed by atoms with E-state index < -0.39 is 0 Å². The van der Waals surface area contributed by atoms with Crippen LogP contribution in [0.3, 0.4) is 0 Å². The van der Waals surface area contributed by atoms with Gasteiger partial charge in [0.25, 0.3) is 0 Å². The van der Waals surface area contributed by atoms with Gasteiger partial charge in [0, 0.05) is 11.3 Å². The number of fused-ring (bicyclic) bond motifs is 1. The van der Waals surface area contributed by atoms with Crippen molar-refractivity contribution in [3.05, 3.63) is 35.4 Å². The Morgan fingerprint density at radius 1 is 1.16 bits per heavy atom. The maximum atomic E-state index is 3.79. The summed E-state index contributed by atoms with van der Waals surface area (Å²) in [6.07, 6.45) is 3.79. The third kappa shape index (κ3) is 3.55. The molecule has 0 amide bonds. The standard InChI is InChI=1S/C17H27NS/c1-4-10-18-17-15-9-7-6-8-14(15)13(3)12-16(17)19-11-5-2/h6-9,13,16-18H,4-5,10-12H2,1-3H3. The summed E-state index contributed by atoms with van der Waals surface area (Å²) < 4.78 is 0. The van der Waals surface area contributed by atoms with E-state index in [1.165, 1.54) is 25.0 Å². The first kappa shape index (κ1) is 14.9. The van der Waals surface area contributed by atoms with Gasteiger partial charge in [-0.05, 0) is 48.6 Å². The predicted octanol–water partition coefficient (Wildman–Crippen LogP) is 4.75. The average Bonchev–Trinajstić information content (AvgIpc) is 2.44. The van der Waals surface area contributed by atoms with E-state index in [1.807, 2.05) is 0 Å². The van der Waals surface area contributed by atoms with Crippen LogP contribution in [0.5, 0.6) is 0 Å². The second-order valence-corrected chi connectivity index (χ2v) is 6.95. The van der Waals surface area contributed by atoms with E-state index in [0.717, 1.165) is 11.8 Å². The van der Waals surface area contributed by atoms with Crippen LogP contribution in [0.15, 0.2) is 24.3 Å². The van der Waals surface area contributed by atoms with Gasteiger partial charge in [-0.3, -0.25) is 0 Å². The molecule has 1 nitrogen and oxygen atoms in total. The number of rotatable bonds is 6. The summed E-state index contributed by atoms with van der Waals surface area (Å²) in [6.45, 7) is 8.03. The van der Waals surface area contributed by atoms with E-state index in [-0.39, 0.29) is 0 Å². The van der Waals surface area contributed by atoms with Crippen LogP contribution in [0.25, 0.3) is 0 Å². The van der Waals surface area contributed by atoms with Crippen molar-refractivity contribution in [2.45, 2.75) is 57.2 Å². The minimum Gasteiger partial charge on any atom is -0.309 e. The molecule has 0 heterocycles. The van der Waals surface area contributed by atoms with Gasteiger partial charge in [-0.2, -0.15) is 11.8 Å². The van der Waals surface area contributed by atoms with Crippen LogP contribution in [0, 0.1) is 0 Å². The largest absolute Gasteiger partial charge is 0.309 e. The first-order valence-corrected chi connectivity index (χ1v) is 8.76. The van der Waals surface area contributed by atoms with Crippen LogP contribution in [0.1, 0.15) is 63.1 Å². The van der Waals surface area contributed by atoms with Gasteiger partial charge in [0.2, 0.25) is 0 Å². The SMILES string of the molecule is CCCNC1c2ccccc2C(C)CC1SCCC. The molecule has 0 aliphatic heterocycles. The van der Waals surface area contributed by atoms with Crippen LogP contribution in [0.2, 0.25) is 0 Å². The maximum absolute atomic E-state index is 3.79. The predicted molar refractivity (Wildman–Crippen MR) is 87.0 cm³/mol. The molecule has 1 aliphatic rings. The molecule has 0 saturated heterocycles. The third-order valence-electron chi connectivity index (χ3n) is 3.97. The number of benzene rings is 1. The van der Waals surface area contributed by atoms with E-state index in [9.17, 15) is 0 Å². The van der Waals surface area contributed by atoms with E-state index in [1.54, 1.807) is 11.1 Å². The second kappa shape index (κ2) is 7.35. The van der Waals surface area contributed by atoms with Crippen LogP contribution in [-0.4, -0.2) is 17.5 Å². The summed E-state index contributed by atoms with van der Waals surface area (Å²) in [4.78, 5) is 0. The molecular formula is C17H27NS. The zero-order valence-corrected chi connectivity index (χ0v) is 13.3. The van der Waals surface area contributed by atoms with Crippen molar-refractivity contribution in [1.82, 2.24) is 5.32 Å². The normalized spacial score (nSPS) is 26.2. The maximum Gasteiger partial charge on any atom is 0.0443 e. The fourth-order valence-electron chi connectivity index (χ4n) is 3.03. The molecule has 0 saturated carbocycles. The molecule has 1 N–H and O–H groups in total. The first-order chi connectivity index (χ1) is 9.27. The highest BCUT2D eigenvalue weighted by Gasteiger charge is 2.32. The fraction of sp³-hybridized carbons (Fsp3) is 0.647. The van der Waals surface area contributed by atoms with Crippen molar-refractivity contribution in [2.75, 3.05) is 12.3 Å². The Kier molecular flexibility index (Phi) is 5.77. The Morgan fingerprint density at radius 2 is 1.89 bits per heavy atom. The molecule has 3 unspecified atom stereocenters. The monoisotopic (exact) mass is 277 g/mol. The lowest BCUT2D eigenvalue weighted by molar-refractivity contribution is 0.444. The van der Waals surface area contributed by atoms with Gasteiger partial charge in [0.15, 0.2) is 0 Å². The summed E-state index contributed by atoms with van der Waals surface area (Å²) in [6, 6.07) is 9.58. The van der Waals surface area contributed by atoms with Crippen LogP contribution in [0.4, 0.5) is 0 Å². The van der Waals surface area contributed by atoms with E-state index in [4.69, 9.17) is 0 Å². The molecule has 2 heteroatoms.